The van der Waals surface area contributed by atoms with E-state index in [0.717, 1.165) is 51.4 Å². The van der Waals surface area contributed by atoms with Gasteiger partial charge in [0.1, 0.15) is 6.10 Å². The summed E-state index contributed by atoms with van der Waals surface area (Å²) in [6, 6.07) is 0. The highest BCUT2D eigenvalue weighted by molar-refractivity contribution is 7.47. The molecule has 0 aliphatic heterocycles. The van der Waals surface area contributed by atoms with Crippen molar-refractivity contribution in [3.8, 4) is 0 Å². The SMILES string of the molecule is CC/C=C\C/C=C\C/C=C\C/C=C\CCCCC(=O)OC(COCCCCCCCC/C=C\CCCCCC)COP(=O)(O)OCCN. The molecule has 9 heteroatoms. The van der Waals surface area contributed by atoms with Crippen molar-refractivity contribution in [3.63, 3.8) is 0 Å². The van der Waals surface area contributed by atoms with Crippen molar-refractivity contribution in [1.82, 2.24) is 0 Å². The zero-order valence-corrected chi connectivity index (χ0v) is 31.3. The molecule has 0 heterocycles. The summed E-state index contributed by atoms with van der Waals surface area (Å²) in [5, 5.41) is 0. The molecule has 0 radical (unpaired) electrons. The predicted molar refractivity (Wildman–Crippen MR) is 201 cm³/mol. The number of ether oxygens (including phenoxy) is 2. The lowest BCUT2D eigenvalue weighted by molar-refractivity contribution is -0.154. The number of unbranched alkanes of at least 4 members (excludes halogenated alkanes) is 12. The minimum absolute atomic E-state index is 0.0899. The minimum atomic E-state index is -4.29. The molecule has 3 N–H and O–H groups in total. The van der Waals surface area contributed by atoms with Gasteiger partial charge in [-0.15, -0.1) is 0 Å². The molecule has 8 nitrogen and oxygen atoms in total. The predicted octanol–water partition coefficient (Wildman–Crippen LogP) is 10.6. The molecule has 278 valence electrons. The molecular weight excluding hydrogens is 625 g/mol. The number of hydrogen-bond acceptors (Lipinski definition) is 7. The number of carbonyl (C=O) groups excluding carboxylic acids is 1. The molecule has 2 atom stereocenters. The molecule has 0 aromatic carbocycles. The first-order valence-electron chi connectivity index (χ1n) is 18.8. The van der Waals surface area contributed by atoms with E-state index in [1.807, 2.05) is 0 Å². The zero-order valence-electron chi connectivity index (χ0n) is 30.4. The molecule has 0 spiro atoms. The number of nitrogens with two attached hydrogens (primary N) is 1. The van der Waals surface area contributed by atoms with E-state index >= 15 is 0 Å². The van der Waals surface area contributed by atoms with Crippen molar-refractivity contribution < 1.29 is 32.8 Å². The van der Waals surface area contributed by atoms with Gasteiger partial charge in [-0.25, -0.2) is 4.57 Å². The molecule has 0 aliphatic carbocycles. The lowest BCUT2D eigenvalue weighted by atomic mass is 10.1. The molecule has 0 amide bonds. The monoisotopic (exact) mass is 695 g/mol. The Hall–Kier alpha value is -1.80. The highest BCUT2D eigenvalue weighted by Crippen LogP contribution is 2.43. The smallest absolute Gasteiger partial charge is 0.457 e. The van der Waals surface area contributed by atoms with Gasteiger partial charge in [-0.3, -0.25) is 13.8 Å². The Morgan fingerprint density at radius 3 is 1.77 bits per heavy atom. The van der Waals surface area contributed by atoms with Gasteiger partial charge in [0, 0.05) is 19.6 Å². The molecule has 2 unspecified atom stereocenters. The van der Waals surface area contributed by atoms with Crippen LogP contribution in [-0.2, 0) is 27.9 Å². The van der Waals surface area contributed by atoms with E-state index in [9.17, 15) is 14.3 Å². The first-order chi connectivity index (χ1) is 23.4. The van der Waals surface area contributed by atoms with Gasteiger partial charge in [0.2, 0.25) is 0 Å². The average molecular weight is 696 g/mol. The third kappa shape index (κ3) is 35.5. The fourth-order valence-corrected chi connectivity index (χ4v) is 5.45. The highest BCUT2D eigenvalue weighted by atomic mass is 31.2. The number of allylic oxidation sites excluding steroid dienone is 10. The average Bonchev–Trinajstić information content (AvgIpc) is 3.07. The number of rotatable bonds is 35. The fraction of sp³-hybridized carbons (Fsp3) is 0.718. The van der Waals surface area contributed by atoms with Crippen LogP contribution in [0.15, 0.2) is 60.8 Å². The second-order valence-corrected chi connectivity index (χ2v) is 13.5. The summed E-state index contributed by atoms with van der Waals surface area (Å²) < 4.78 is 33.2. The van der Waals surface area contributed by atoms with Crippen LogP contribution in [0.3, 0.4) is 0 Å². The van der Waals surface area contributed by atoms with Gasteiger partial charge in [-0.05, 0) is 77.0 Å². The summed E-state index contributed by atoms with van der Waals surface area (Å²) in [6.45, 7) is 4.70. The largest absolute Gasteiger partial charge is 0.472 e. The maximum Gasteiger partial charge on any atom is 0.472 e. The van der Waals surface area contributed by atoms with E-state index in [1.54, 1.807) is 0 Å². The van der Waals surface area contributed by atoms with Crippen molar-refractivity contribution in [2.45, 2.75) is 148 Å². The molecule has 0 saturated carbocycles. The van der Waals surface area contributed by atoms with Crippen LogP contribution < -0.4 is 5.73 Å². The lowest BCUT2D eigenvalue weighted by Gasteiger charge is -2.20. The molecule has 0 rings (SSSR count). The van der Waals surface area contributed by atoms with Crippen molar-refractivity contribution in [2.75, 3.05) is 33.0 Å². The Kier molecular flexibility index (Phi) is 35.1. The van der Waals surface area contributed by atoms with E-state index in [1.165, 1.54) is 64.2 Å². The van der Waals surface area contributed by atoms with Gasteiger partial charge in [0.25, 0.3) is 0 Å². The number of phosphoric acid groups is 1. The Morgan fingerprint density at radius 2 is 1.17 bits per heavy atom. The van der Waals surface area contributed by atoms with E-state index in [4.69, 9.17) is 24.3 Å². The molecule has 48 heavy (non-hydrogen) atoms. The van der Waals surface area contributed by atoms with Crippen molar-refractivity contribution in [2.24, 2.45) is 5.73 Å². The summed E-state index contributed by atoms with van der Waals surface area (Å²) >= 11 is 0. The molecule has 0 fully saturated rings. The van der Waals surface area contributed by atoms with Gasteiger partial charge >= 0.3 is 13.8 Å². The summed E-state index contributed by atoms with van der Waals surface area (Å²) in [5.74, 6) is -0.376. The molecule has 0 saturated heterocycles. The van der Waals surface area contributed by atoms with E-state index in [0.29, 0.717) is 13.0 Å². The Balaban J connectivity index is 4.20. The van der Waals surface area contributed by atoms with Gasteiger partial charge < -0.3 is 20.1 Å². The van der Waals surface area contributed by atoms with Crippen LogP contribution in [0.1, 0.15) is 142 Å². The second-order valence-electron chi connectivity index (χ2n) is 12.1. The van der Waals surface area contributed by atoms with Crippen molar-refractivity contribution in [3.05, 3.63) is 60.8 Å². The molecule has 0 aromatic rings. The van der Waals surface area contributed by atoms with Crippen LogP contribution in [0, 0.1) is 0 Å². The summed E-state index contributed by atoms with van der Waals surface area (Å²) in [5.41, 5.74) is 5.35. The molecule has 0 aliphatic rings. The molecular formula is C39H70NO7P. The van der Waals surface area contributed by atoms with E-state index < -0.39 is 13.9 Å². The maximum atomic E-state index is 12.5. The van der Waals surface area contributed by atoms with Crippen molar-refractivity contribution >= 4 is 13.8 Å². The summed E-state index contributed by atoms with van der Waals surface area (Å²) in [6.07, 6.45) is 42.3. The highest BCUT2D eigenvalue weighted by Gasteiger charge is 2.25. The zero-order chi connectivity index (χ0) is 35.2. The minimum Gasteiger partial charge on any atom is -0.457 e. The quantitative estimate of drug-likeness (QED) is 0.0291. The lowest BCUT2D eigenvalue weighted by Crippen LogP contribution is -2.28. The summed E-state index contributed by atoms with van der Waals surface area (Å²) in [4.78, 5) is 22.4. The number of esters is 1. The number of carbonyl (C=O) groups is 1. The van der Waals surface area contributed by atoms with E-state index in [-0.39, 0.29) is 38.8 Å². The molecule has 0 bridgehead atoms. The van der Waals surface area contributed by atoms with Crippen LogP contribution >= 0.6 is 7.82 Å². The standard InChI is InChI=1S/C39H70NO7P/c1-3-5-7-9-11-13-15-17-19-20-22-24-26-28-30-32-39(41)47-38(37-46-48(42,43)45-35-33-40)36-44-34-31-29-27-25-23-21-18-16-14-12-10-8-6-4-2/h5,7,11,13-14,16-17,19,22,24,38H,3-4,6,8-10,12,15,18,20-21,23,25-37,40H2,1-2H3,(H,42,43)/b7-5-,13-11-,16-14-,19-17-,24-22-. The topological polar surface area (TPSA) is 117 Å². The Labute approximate surface area is 293 Å². The van der Waals surface area contributed by atoms with Crippen LogP contribution in [0.5, 0.6) is 0 Å². The Bertz CT molecular complexity index is 916. The Morgan fingerprint density at radius 1 is 0.646 bits per heavy atom. The maximum absolute atomic E-state index is 12.5. The number of phosphoric ester groups is 1. The normalized spacial score (nSPS) is 14.3. The van der Waals surface area contributed by atoms with Crippen LogP contribution in [0.25, 0.3) is 0 Å². The van der Waals surface area contributed by atoms with Gasteiger partial charge in [0.15, 0.2) is 0 Å². The third-order valence-corrected chi connectivity index (χ3v) is 8.40. The summed E-state index contributed by atoms with van der Waals surface area (Å²) in [7, 11) is -4.29. The number of hydrogen-bond donors (Lipinski definition) is 2. The van der Waals surface area contributed by atoms with Crippen LogP contribution in [0.4, 0.5) is 0 Å². The fourth-order valence-electron chi connectivity index (χ4n) is 4.69. The van der Waals surface area contributed by atoms with Gasteiger partial charge in [-0.1, -0.05) is 120 Å². The molecule has 0 aromatic heterocycles. The first-order valence-corrected chi connectivity index (χ1v) is 20.3. The van der Waals surface area contributed by atoms with E-state index in [2.05, 4.69) is 74.6 Å². The second kappa shape index (κ2) is 36.5. The third-order valence-electron chi connectivity index (χ3n) is 7.42. The van der Waals surface area contributed by atoms with Crippen LogP contribution in [-0.4, -0.2) is 49.9 Å². The van der Waals surface area contributed by atoms with Gasteiger partial charge in [0.05, 0.1) is 19.8 Å². The van der Waals surface area contributed by atoms with Gasteiger partial charge in [-0.2, -0.15) is 0 Å². The van der Waals surface area contributed by atoms with Crippen LogP contribution in [0.2, 0.25) is 0 Å². The van der Waals surface area contributed by atoms with Crippen molar-refractivity contribution in [1.29, 1.82) is 0 Å². The first kappa shape index (κ1) is 46.2.